The van der Waals surface area contributed by atoms with Gasteiger partial charge in [0.1, 0.15) is 5.82 Å². The Morgan fingerprint density at radius 2 is 1.94 bits per heavy atom. The number of nitrogens with zero attached hydrogens (tertiary/aromatic N) is 1. The van der Waals surface area contributed by atoms with E-state index >= 15 is 0 Å². The number of hydrogen-bond donors (Lipinski definition) is 0. The molecular weight excluding hydrogens is 249 g/mol. The van der Waals surface area contributed by atoms with E-state index in [1.165, 1.54) is 38.2 Å². The van der Waals surface area contributed by atoms with Crippen molar-refractivity contribution in [3.8, 4) is 0 Å². The van der Waals surface area contributed by atoms with E-state index in [4.69, 9.17) is 11.6 Å². The van der Waals surface area contributed by atoms with Gasteiger partial charge in [-0.2, -0.15) is 0 Å². The molecular formula is C15H21ClFN. The molecule has 1 aliphatic rings. The second-order valence-corrected chi connectivity index (χ2v) is 5.60. The Hall–Kier alpha value is -0.760. The van der Waals surface area contributed by atoms with Crippen LogP contribution in [0.2, 0.25) is 0 Å². The second-order valence-electron chi connectivity index (χ2n) is 5.34. The van der Waals surface area contributed by atoms with Gasteiger partial charge in [-0.1, -0.05) is 19.3 Å². The lowest BCUT2D eigenvalue weighted by atomic mass is 9.89. The smallest absolute Gasteiger partial charge is 0.125 e. The summed E-state index contributed by atoms with van der Waals surface area (Å²) in [5, 5.41) is 0. The van der Waals surface area contributed by atoms with Gasteiger partial charge in [0.2, 0.25) is 0 Å². The van der Waals surface area contributed by atoms with Crippen LogP contribution in [0.1, 0.15) is 37.7 Å². The highest BCUT2D eigenvalue weighted by Gasteiger charge is 2.16. The van der Waals surface area contributed by atoms with E-state index in [0.717, 1.165) is 23.7 Å². The molecule has 0 atom stereocenters. The minimum atomic E-state index is -0.196. The molecule has 18 heavy (non-hydrogen) atoms. The summed E-state index contributed by atoms with van der Waals surface area (Å²) < 4.78 is 13.5. The predicted molar refractivity (Wildman–Crippen MR) is 75.8 cm³/mol. The van der Waals surface area contributed by atoms with Crippen molar-refractivity contribution in [1.82, 2.24) is 0 Å². The van der Waals surface area contributed by atoms with Crippen LogP contribution in [0, 0.1) is 11.7 Å². The first-order valence-corrected chi connectivity index (χ1v) is 7.29. The molecule has 0 radical (unpaired) electrons. The number of rotatable bonds is 4. The molecule has 0 N–H and O–H groups in total. The van der Waals surface area contributed by atoms with E-state index in [-0.39, 0.29) is 5.82 Å². The monoisotopic (exact) mass is 269 g/mol. The summed E-state index contributed by atoms with van der Waals surface area (Å²) in [6, 6.07) is 5.09. The molecule has 0 aliphatic heterocycles. The fourth-order valence-electron chi connectivity index (χ4n) is 2.79. The molecule has 0 aromatic heterocycles. The van der Waals surface area contributed by atoms with Gasteiger partial charge in [0.25, 0.3) is 0 Å². The lowest BCUT2D eigenvalue weighted by Crippen LogP contribution is -2.26. The molecule has 0 bridgehead atoms. The maximum Gasteiger partial charge on any atom is 0.125 e. The van der Waals surface area contributed by atoms with Crippen LogP contribution in [0.4, 0.5) is 10.1 Å². The summed E-state index contributed by atoms with van der Waals surface area (Å²) in [5.74, 6) is 0.923. The Morgan fingerprint density at radius 1 is 1.22 bits per heavy atom. The van der Waals surface area contributed by atoms with Crippen molar-refractivity contribution >= 4 is 17.3 Å². The van der Waals surface area contributed by atoms with Crippen LogP contribution >= 0.6 is 11.6 Å². The van der Waals surface area contributed by atoms with E-state index < -0.39 is 0 Å². The zero-order valence-corrected chi connectivity index (χ0v) is 11.7. The Morgan fingerprint density at radius 3 is 2.61 bits per heavy atom. The van der Waals surface area contributed by atoms with Gasteiger partial charge in [-0.3, -0.25) is 0 Å². The van der Waals surface area contributed by atoms with E-state index in [0.29, 0.717) is 5.88 Å². The zero-order chi connectivity index (χ0) is 13.0. The minimum absolute atomic E-state index is 0.196. The molecule has 1 aromatic carbocycles. The highest BCUT2D eigenvalue weighted by molar-refractivity contribution is 6.17. The van der Waals surface area contributed by atoms with Gasteiger partial charge >= 0.3 is 0 Å². The van der Waals surface area contributed by atoms with E-state index in [1.807, 2.05) is 13.1 Å². The van der Waals surface area contributed by atoms with Crippen molar-refractivity contribution in [3.63, 3.8) is 0 Å². The Kier molecular flexibility index (Phi) is 4.87. The van der Waals surface area contributed by atoms with Gasteiger partial charge in [0.15, 0.2) is 0 Å². The van der Waals surface area contributed by atoms with Crippen molar-refractivity contribution in [2.75, 3.05) is 18.5 Å². The molecule has 0 spiro atoms. The van der Waals surface area contributed by atoms with Gasteiger partial charge in [-0.05, 0) is 42.5 Å². The zero-order valence-electron chi connectivity index (χ0n) is 11.0. The first-order chi connectivity index (χ1) is 8.69. The highest BCUT2D eigenvalue weighted by atomic mass is 35.5. The lowest BCUT2D eigenvalue weighted by molar-refractivity contribution is 0.362. The molecule has 0 unspecified atom stereocenters. The molecule has 1 aliphatic carbocycles. The third-order valence-corrected chi connectivity index (χ3v) is 4.10. The SMILES string of the molecule is CN(CC1CCCCC1)c1cc(F)cc(CCl)c1. The summed E-state index contributed by atoms with van der Waals surface area (Å²) in [5.41, 5.74) is 1.79. The van der Waals surface area contributed by atoms with Crippen molar-refractivity contribution in [2.24, 2.45) is 5.92 Å². The van der Waals surface area contributed by atoms with Crippen LogP contribution in [0.5, 0.6) is 0 Å². The van der Waals surface area contributed by atoms with Crippen LogP contribution in [0.15, 0.2) is 18.2 Å². The number of anilines is 1. The molecule has 1 fully saturated rings. The standard InChI is InChI=1S/C15H21ClFN/c1-18(11-12-5-3-2-4-6-12)15-8-13(10-16)7-14(17)9-15/h7-9,12H,2-6,10-11H2,1H3. The number of alkyl halides is 1. The molecule has 1 saturated carbocycles. The van der Waals surface area contributed by atoms with Crippen molar-refractivity contribution in [3.05, 3.63) is 29.6 Å². The van der Waals surface area contributed by atoms with Gasteiger partial charge < -0.3 is 4.90 Å². The summed E-state index contributed by atoms with van der Waals surface area (Å²) >= 11 is 5.78. The maximum absolute atomic E-state index is 13.5. The Balaban J connectivity index is 2.02. The van der Waals surface area contributed by atoms with Crippen molar-refractivity contribution in [1.29, 1.82) is 0 Å². The quantitative estimate of drug-likeness (QED) is 0.723. The topological polar surface area (TPSA) is 3.24 Å². The van der Waals surface area contributed by atoms with Gasteiger partial charge in [0, 0.05) is 25.2 Å². The molecule has 0 heterocycles. The van der Waals surface area contributed by atoms with Crippen LogP contribution in [-0.2, 0) is 5.88 Å². The second kappa shape index (κ2) is 6.42. The minimum Gasteiger partial charge on any atom is -0.374 e. The van der Waals surface area contributed by atoms with E-state index in [9.17, 15) is 4.39 Å². The molecule has 1 nitrogen and oxygen atoms in total. The third kappa shape index (κ3) is 3.61. The third-order valence-electron chi connectivity index (χ3n) is 3.79. The van der Waals surface area contributed by atoms with Crippen molar-refractivity contribution in [2.45, 2.75) is 38.0 Å². The van der Waals surface area contributed by atoms with Crippen LogP contribution in [-0.4, -0.2) is 13.6 Å². The average molecular weight is 270 g/mol. The normalized spacial score (nSPS) is 16.8. The molecule has 100 valence electrons. The molecule has 1 aromatic rings. The van der Waals surface area contributed by atoms with Gasteiger partial charge in [-0.25, -0.2) is 4.39 Å². The molecule has 2 rings (SSSR count). The number of halogens is 2. The average Bonchev–Trinajstić information content (AvgIpc) is 2.39. The number of benzene rings is 1. The summed E-state index contributed by atoms with van der Waals surface area (Å²) in [4.78, 5) is 2.16. The van der Waals surface area contributed by atoms with Gasteiger partial charge in [-0.15, -0.1) is 11.6 Å². The summed E-state index contributed by atoms with van der Waals surface area (Å²) in [7, 11) is 2.04. The first-order valence-electron chi connectivity index (χ1n) is 6.75. The lowest BCUT2D eigenvalue weighted by Gasteiger charge is -2.28. The van der Waals surface area contributed by atoms with E-state index in [2.05, 4.69) is 4.90 Å². The van der Waals surface area contributed by atoms with Crippen LogP contribution in [0.25, 0.3) is 0 Å². The molecule has 0 amide bonds. The fourth-order valence-corrected chi connectivity index (χ4v) is 2.95. The first kappa shape index (κ1) is 13.7. The van der Waals surface area contributed by atoms with Crippen LogP contribution < -0.4 is 4.90 Å². The van der Waals surface area contributed by atoms with Gasteiger partial charge in [0.05, 0.1) is 0 Å². The largest absolute Gasteiger partial charge is 0.374 e. The van der Waals surface area contributed by atoms with Crippen molar-refractivity contribution < 1.29 is 4.39 Å². The Labute approximate surface area is 114 Å². The molecule has 3 heteroatoms. The highest BCUT2D eigenvalue weighted by Crippen LogP contribution is 2.26. The predicted octanol–water partition coefficient (Wildman–Crippen LogP) is 4.58. The number of hydrogen-bond acceptors (Lipinski definition) is 1. The maximum atomic E-state index is 13.5. The van der Waals surface area contributed by atoms with Crippen LogP contribution in [0.3, 0.4) is 0 Å². The van der Waals surface area contributed by atoms with E-state index in [1.54, 1.807) is 6.07 Å². The Bertz CT molecular complexity index is 388. The molecule has 0 saturated heterocycles. The summed E-state index contributed by atoms with van der Waals surface area (Å²) in [6.07, 6.45) is 6.67. The summed E-state index contributed by atoms with van der Waals surface area (Å²) in [6.45, 7) is 1.02. The fraction of sp³-hybridized carbons (Fsp3) is 0.600.